The predicted molar refractivity (Wildman–Crippen MR) is 78.1 cm³/mol. The van der Waals surface area contributed by atoms with Crippen LogP contribution in [0.5, 0.6) is 5.75 Å². The number of nitrogens with zero attached hydrogens (tertiary/aromatic N) is 1. The molecule has 114 valence electrons. The third kappa shape index (κ3) is 3.74. The first-order valence-corrected chi connectivity index (χ1v) is 7.16. The van der Waals surface area contributed by atoms with Gasteiger partial charge < -0.3 is 14.4 Å². The number of carbonyl (C=O) groups excluding carboxylic acids is 2. The van der Waals surface area contributed by atoms with Crippen molar-refractivity contribution in [1.82, 2.24) is 4.90 Å². The fraction of sp³-hybridized carbons (Fsp3) is 0.500. The molecule has 0 aliphatic carbocycles. The van der Waals surface area contributed by atoms with E-state index in [1.807, 2.05) is 24.3 Å². The molecule has 0 spiro atoms. The molecule has 21 heavy (non-hydrogen) atoms. The minimum Gasteiger partial charge on any atom is -0.497 e. The van der Waals surface area contributed by atoms with Gasteiger partial charge in [0.05, 0.1) is 20.6 Å². The number of esters is 1. The summed E-state index contributed by atoms with van der Waals surface area (Å²) in [4.78, 5) is 25.9. The third-order valence-electron chi connectivity index (χ3n) is 3.79. The van der Waals surface area contributed by atoms with Crippen molar-refractivity contribution >= 4 is 11.9 Å². The lowest BCUT2D eigenvalue weighted by Crippen LogP contribution is -2.49. The van der Waals surface area contributed by atoms with Crippen LogP contribution >= 0.6 is 0 Å². The van der Waals surface area contributed by atoms with Crippen LogP contribution in [-0.4, -0.2) is 43.6 Å². The van der Waals surface area contributed by atoms with Crippen LogP contribution in [0.4, 0.5) is 0 Å². The van der Waals surface area contributed by atoms with Crippen molar-refractivity contribution in [2.24, 2.45) is 0 Å². The van der Waals surface area contributed by atoms with Crippen LogP contribution in [0.2, 0.25) is 0 Å². The molecule has 1 unspecified atom stereocenters. The van der Waals surface area contributed by atoms with Gasteiger partial charge in [0.2, 0.25) is 5.91 Å². The highest BCUT2D eigenvalue weighted by molar-refractivity contribution is 5.86. The molecule has 0 N–H and O–H groups in total. The Morgan fingerprint density at radius 1 is 1.29 bits per heavy atom. The highest BCUT2D eigenvalue weighted by Gasteiger charge is 2.32. The fourth-order valence-corrected chi connectivity index (χ4v) is 2.67. The number of benzene rings is 1. The molecule has 0 saturated carbocycles. The molecule has 1 saturated heterocycles. The van der Waals surface area contributed by atoms with E-state index in [1.54, 1.807) is 12.0 Å². The van der Waals surface area contributed by atoms with E-state index in [4.69, 9.17) is 9.47 Å². The topological polar surface area (TPSA) is 55.8 Å². The maximum Gasteiger partial charge on any atom is 0.328 e. The summed E-state index contributed by atoms with van der Waals surface area (Å²) in [5.41, 5.74) is 0.883. The Hall–Kier alpha value is -2.04. The summed E-state index contributed by atoms with van der Waals surface area (Å²) in [5.74, 6) is 0.357. The fourth-order valence-electron chi connectivity index (χ4n) is 2.67. The lowest BCUT2D eigenvalue weighted by atomic mass is 10.0. The number of ether oxygens (including phenoxy) is 2. The Bertz CT molecular complexity index is 515. The lowest BCUT2D eigenvalue weighted by molar-refractivity contribution is -0.154. The van der Waals surface area contributed by atoms with Crippen molar-refractivity contribution in [3.8, 4) is 5.75 Å². The average Bonchev–Trinajstić information content (AvgIpc) is 2.54. The summed E-state index contributed by atoms with van der Waals surface area (Å²) in [6.45, 7) is 0.614. The van der Waals surface area contributed by atoms with Crippen molar-refractivity contribution in [3.63, 3.8) is 0 Å². The smallest absolute Gasteiger partial charge is 0.328 e. The Morgan fingerprint density at radius 2 is 2.10 bits per heavy atom. The zero-order valence-electron chi connectivity index (χ0n) is 12.5. The summed E-state index contributed by atoms with van der Waals surface area (Å²) >= 11 is 0. The summed E-state index contributed by atoms with van der Waals surface area (Å²) in [6, 6.07) is 6.98. The van der Waals surface area contributed by atoms with Gasteiger partial charge in [-0.05, 0) is 37.0 Å². The maximum absolute atomic E-state index is 12.5. The molecule has 1 aliphatic rings. The minimum atomic E-state index is -0.443. The lowest BCUT2D eigenvalue weighted by Gasteiger charge is -2.33. The van der Waals surface area contributed by atoms with E-state index in [-0.39, 0.29) is 18.3 Å². The molecule has 5 heteroatoms. The largest absolute Gasteiger partial charge is 0.497 e. The zero-order chi connectivity index (χ0) is 15.2. The second-order valence-corrected chi connectivity index (χ2v) is 5.15. The van der Waals surface area contributed by atoms with Gasteiger partial charge in [0.1, 0.15) is 11.8 Å². The number of hydrogen-bond donors (Lipinski definition) is 0. The zero-order valence-corrected chi connectivity index (χ0v) is 12.5. The molecule has 1 aromatic carbocycles. The Morgan fingerprint density at radius 3 is 2.81 bits per heavy atom. The van der Waals surface area contributed by atoms with E-state index >= 15 is 0 Å². The van der Waals surface area contributed by atoms with Gasteiger partial charge in [0, 0.05) is 6.54 Å². The van der Waals surface area contributed by atoms with E-state index in [0.29, 0.717) is 13.0 Å². The van der Waals surface area contributed by atoms with Gasteiger partial charge in [-0.1, -0.05) is 12.1 Å². The van der Waals surface area contributed by atoms with Crippen molar-refractivity contribution in [2.45, 2.75) is 31.7 Å². The summed E-state index contributed by atoms with van der Waals surface area (Å²) in [6.07, 6.45) is 2.82. The quantitative estimate of drug-likeness (QED) is 0.794. The molecule has 5 nitrogen and oxygen atoms in total. The molecule has 1 atom stereocenters. The number of methoxy groups -OCH3 is 2. The molecular weight excluding hydrogens is 270 g/mol. The highest BCUT2D eigenvalue weighted by atomic mass is 16.5. The Balaban J connectivity index is 2.08. The van der Waals surface area contributed by atoms with Crippen molar-refractivity contribution in [3.05, 3.63) is 29.8 Å². The van der Waals surface area contributed by atoms with Crippen LogP contribution in [0.3, 0.4) is 0 Å². The number of carbonyl (C=O) groups is 2. The van der Waals surface area contributed by atoms with E-state index in [2.05, 4.69) is 0 Å². The van der Waals surface area contributed by atoms with Crippen LogP contribution < -0.4 is 4.74 Å². The average molecular weight is 291 g/mol. The highest BCUT2D eigenvalue weighted by Crippen LogP contribution is 2.20. The van der Waals surface area contributed by atoms with E-state index in [0.717, 1.165) is 24.2 Å². The van der Waals surface area contributed by atoms with Crippen LogP contribution in [-0.2, 0) is 20.7 Å². The van der Waals surface area contributed by atoms with Crippen LogP contribution in [0.1, 0.15) is 24.8 Å². The van der Waals surface area contributed by atoms with Gasteiger partial charge in [-0.3, -0.25) is 4.79 Å². The monoisotopic (exact) mass is 291 g/mol. The molecule has 1 aliphatic heterocycles. The standard InChI is InChI=1S/C16H21NO4/c1-20-13-7-5-6-12(10-13)11-15(18)17-9-4-3-8-14(17)16(19)21-2/h5-7,10,14H,3-4,8-9,11H2,1-2H3. The van der Waals surface area contributed by atoms with Crippen LogP contribution in [0, 0.1) is 0 Å². The third-order valence-corrected chi connectivity index (χ3v) is 3.79. The molecule has 0 radical (unpaired) electrons. The van der Waals surface area contributed by atoms with E-state index < -0.39 is 6.04 Å². The molecular formula is C16H21NO4. The Kier molecular flexibility index (Phi) is 5.20. The van der Waals surface area contributed by atoms with Crippen molar-refractivity contribution in [1.29, 1.82) is 0 Å². The van der Waals surface area contributed by atoms with Crippen molar-refractivity contribution < 1.29 is 19.1 Å². The SMILES string of the molecule is COC(=O)C1CCCCN1C(=O)Cc1cccc(OC)c1. The first-order chi connectivity index (χ1) is 10.2. The van der Waals surface area contributed by atoms with Gasteiger partial charge in [0.25, 0.3) is 0 Å². The number of likely N-dealkylation sites (tertiary alicyclic amines) is 1. The molecule has 1 amide bonds. The van der Waals surface area contributed by atoms with E-state index in [1.165, 1.54) is 7.11 Å². The van der Waals surface area contributed by atoms with E-state index in [9.17, 15) is 9.59 Å². The molecule has 0 aromatic heterocycles. The number of piperidine rings is 1. The maximum atomic E-state index is 12.5. The molecule has 2 rings (SSSR count). The minimum absolute atomic E-state index is 0.0432. The number of rotatable bonds is 4. The number of hydrogen-bond acceptors (Lipinski definition) is 4. The van der Waals surface area contributed by atoms with Gasteiger partial charge in [0.15, 0.2) is 0 Å². The first-order valence-electron chi connectivity index (χ1n) is 7.16. The predicted octanol–water partition coefficient (Wildman–Crippen LogP) is 1.79. The molecule has 1 aromatic rings. The van der Waals surface area contributed by atoms with Crippen molar-refractivity contribution in [2.75, 3.05) is 20.8 Å². The Labute approximate surface area is 124 Å². The molecule has 1 fully saturated rings. The van der Waals surface area contributed by atoms with Gasteiger partial charge in [-0.25, -0.2) is 4.79 Å². The number of amides is 1. The normalized spacial score (nSPS) is 18.2. The summed E-state index contributed by atoms with van der Waals surface area (Å²) in [5, 5.41) is 0. The summed E-state index contributed by atoms with van der Waals surface area (Å²) in [7, 11) is 2.96. The second kappa shape index (κ2) is 7.11. The second-order valence-electron chi connectivity index (χ2n) is 5.15. The summed E-state index contributed by atoms with van der Waals surface area (Å²) < 4.78 is 9.96. The first kappa shape index (κ1) is 15.4. The van der Waals surface area contributed by atoms with Gasteiger partial charge >= 0.3 is 5.97 Å². The van der Waals surface area contributed by atoms with Gasteiger partial charge in [-0.2, -0.15) is 0 Å². The van der Waals surface area contributed by atoms with Crippen LogP contribution in [0.25, 0.3) is 0 Å². The van der Waals surface area contributed by atoms with Crippen LogP contribution in [0.15, 0.2) is 24.3 Å². The van der Waals surface area contributed by atoms with Gasteiger partial charge in [-0.15, -0.1) is 0 Å². The molecule has 0 bridgehead atoms. The molecule has 1 heterocycles.